The maximum absolute atomic E-state index is 14.1. The molecule has 0 saturated carbocycles. The van der Waals surface area contributed by atoms with E-state index in [0.29, 0.717) is 40.2 Å². The first-order valence-corrected chi connectivity index (χ1v) is 11.6. The fourth-order valence-electron chi connectivity index (χ4n) is 4.89. The number of aromatic nitrogens is 2. The lowest BCUT2D eigenvalue weighted by atomic mass is 10.0. The van der Waals surface area contributed by atoms with Gasteiger partial charge in [-0.25, -0.2) is 4.79 Å². The number of amides is 2. The summed E-state index contributed by atoms with van der Waals surface area (Å²) in [6.07, 6.45) is -4.67. The fourth-order valence-corrected chi connectivity index (χ4v) is 4.89. The predicted octanol–water partition coefficient (Wildman–Crippen LogP) is 2.94. The quantitative estimate of drug-likeness (QED) is 0.553. The molecule has 5 rings (SSSR count). The minimum atomic E-state index is -4.79. The normalized spacial score (nSPS) is 17.3. The van der Waals surface area contributed by atoms with Crippen LogP contribution in [0.15, 0.2) is 47.3 Å². The number of carbonyl (C=O) groups excluding carboxylic acids is 1. The number of benzene rings is 2. The Kier molecular flexibility index (Phi) is 6.06. The lowest BCUT2D eigenvalue weighted by molar-refractivity contribution is -0.137. The van der Waals surface area contributed by atoms with Gasteiger partial charge in [0, 0.05) is 36.4 Å². The van der Waals surface area contributed by atoms with E-state index in [0.717, 1.165) is 11.0 Å². The van der Waals surface area contributed by atoms with Crippen molar-refractivity contribution in [3.05, 3.63) is 63.9 Å². The number of hydrogen-bond donors (Lipinski definition) is 2. The van der Waals surface area contributed by atoms with Gasteiger partial charge in [0.05, 0.1) is 30.2 Å². The number of aliphatic hydroxyl groups excluding tert-OH is 1. The van der Waals surface area contributed by atoms with Crippen LogP contribution < -0.4 is 25.8 Å². The summed E-state index contributed by atoms with van der Waals surface area (Å²) in [5.74, 6) is 0.487. The van der Waals surface area contributed by atoms with Crippen LogP contribution in [0.3, 0.4) is 0 Å². The molecular formula is C25H24F3N5O4. The number of nitrogens with zero attached hydrogens (tertiary/aromatic N) is 4. The van der Waals surface area contributed by atoms with E-state index in [4.69, 9.17) is 10.5 Å². The van der Waals surface area contributed by atoms with E-state index in [-0.39, 0.29) is 30.9 Å². The van der Waals surface area contributed by atoms with Crippen molar-refractivity contribution in [1.82, 2.24) is 9.78 Å². The third kappa shape index (κ3) is 4.37. The number of urea groups is 1. The average molecular weight is 515 g/mol. The summed E-state index contributed by atoms with van der Waals surface area (Å²) >= 11 is 0. The molecule has 9 nitrogen and oxygen atoms in total. The van der Waals surface area contributed by atoms with Crippen LogP contribution in [-0.2, 0) is 12.6 Å². The molecule has 2 aromatic carbocycles. The summed E-state index contributed by atoms with van der Waals surface area (Å²) in [4.78, 5) is 28.6. The molecule has 3 heterocycles. The zero-order valence-electron chi connectivity index (χ0n) is 19.8. The van der Waals surface area contributed by atoms with Crippen LogP contribution in [0.1, 0.15) is 17.5 Å². The first-order valence-electron chi connectivity index (χ1n) is 11.6. The van der Waals surface area contributed by atoms with Gasteiger partial charge < -0.3 is 20.5 Å². The molecule has 37 heavy (non-hydrogen) atoms. The zero-order chi connectivity index (χ0) is 26.5. The Hall–Kier alpha value is -4.06. The Morgan fingerprint density at radius 1 is 1.19 bits per heavy atom. The topological polar surface area (TPSA) is 114 Å². The highest BCUT2D eigenvalue weighted by Gasteiger charge is 2.37. The second-order valence-electron chi connectivity index (χ2n) is 8.95. The van der Waals surface area contributed by atoms with Crippen LogP contribution in [0, 0.1) is 0 Å². The van der Waals surface area contributed by atoms with Crippen molar-refractivity contribution in [3.63, 3.8) is 0 Å². The molecule has 0 radical (unpaired) electrons. The zero-order valence-corrected chi connectivity index (χ0v) is 19.8. The van der Waals surface area contributed by atoms with Crippen LogP contribution in [0.5, 0.6) is 5.75 Å². The SMILES string of the molecule is COc1cccc(-c2nn(-c3cc(N4CC[C@H](O)C4)ccc3C(F)(F)F)c(=O)c3c2CCN3C(N)=O)c1. The van der Waals surface area contributed by atoms with Crippen molar-refractivity contribution in [1.29, 1.82) is 0 Å². The van der Waals surface area contributed by atoms with E-state index in [1.165, 1.54) is 19.2 Å². The minimum Gasteiger partial charge on any atom is -0.497 e. The van der Waals surface area contributed by atoms with E-state index in [2.05, 4.69) is 5.10 Å². The molecular weight excluding hydrogens is 491 g/mol. The van der Waals surface area contributed by atoms with Crippen molar-refractivity contribution in [3.8, 4) is 22.7 Å². The summed E-state index contributed by atoms with van der Waals surface area (Å²) in [6, 6.07) is 9.29. The number of hydrogen-bond acceptors (Lipinski definition) is 6. The molecule has 2 aliphatic heterocycles. The largest absolute Gasteiger partial charge is 0.497 e. The van der Waals surface area contributed by atoms with Gasteiger partial charge in [0.1, 0.15) is 11.4 Å². The van der Waals surface area contributed by atoms with Crippen LogP contribution in [0.2, 0.25) is 0 Å². The van der Waals surface area contributed by atoms with Crippen LogP contribution in [0.25, 0.3) is 16.9 Å². The highest BCUT2D eigenvalue weighted by molar-refractivity contribution is 5.94. The van der Waals surface area contributed by atoms with E-state index < -0.39 is 35.1 Å². The molecule has 2 aliphatic rings. The highest BCUT2D eigenvalue weighted by Crippen LogP contribution is 2.38. The Morgan fingerprint density at radius 3 is 2.62 bits per heavy atom. The van der Waals surface area contributed by atoms with Gasteiger partial charge in [0.25, 0.3) is 5.56 Å². The van der Waals surface area contributed by atoms with Gasteiger partial charge in [0.15, 0.2) is 0 Å². The standard InChI is InChI=1S/C25H24F3N5O4/c1-37-17-4-2-3-14(11-17)21-18-8-10-32(24(29)36)22(18)23(35)33(30-21)20-12-15(31-9-7-16(34)13-31)5-6-19(20)25(26,27)28/h2-6,11-12,16,34H,7-10,13H2,1H3,(H2,29,36)/t16-/m0/s1. The lowest BCUT2D eigenvalue weighted by Crippen LogP contribution is -2.39. The third-order valence-electron chi connectivity index (χ3n) is 6.67. The Balaban J connectivity index is 1.79. The molecule has 0 bridgehead atoms. The number of carbonyl (C=O) groups is 1. The van der Waals surface area contributed by atoms with Gasteiger partial charge in [-0.1, -0.05) is 12.1 Å². The van der Waals surface area contributed by atoms with Crippen molar-refractivity contribution in [2.24, 2.45) is 5.73 Å². The molecule has 3 aromatic rings. The second-order valence-corrected chi connectivity index (χ2v) is 8.95. The van der Waals surface area contributed by atoms with E-state index in [9.17, 15) is 27.9 Å². The third-order valence-corrected chi connectivity index (χ3v) is 6.67. The van der Waals surface area contributed by atoms with E-state index in [1.807, 2.05) is 0 Å². The number of ether oxygens (including phenoxy) is 1. The van der Waals surface area contributed by atoms with Gasteiger partial charge in [-0.15, -0.1) is 0 Å². The molecule has 0 spiro atoms. The number of aliphatic hydroxyl groups is 1. The van der Waals surface area contributed by atoms with Crippen molar-refractivity contribution in [2.75, 3.05) is 36.5 Å². The van der Waals surface area contributed by atoms with Gasteiger partial charge >= 0.3 is 12.2 Å². The number of rotatable bonds is 4. The minimum absolute atomic E-state index is 0.0976. The number of fused-ring (bicyclic) bond motifs is 1. The lowest BCUT2D eigenvalue weighted by Gasteiger charge is -2.22. The molecule has 194 valence electrons. The molecule has 2 amide bonds. The maximum atomic E-state index is 14.1. The molecule has 3 N–H and O–H groups in total. The van der Waals surface area contributed by atoms with Gasteiger partial charge in [-0.05, 0) is 43.2 Å². The smallest absolute Gasteiger partial charge is 0.418 e. The van der Waals surface area contributed by atoms with Gasteiger partial charge in [-0.3, -0.25) is 9.69 Å². The number of alkyl halides is 3. The molecule has 0 aliphatic carbocycles. The highest BCUT2D eigenvalue weighted by atomic mass is 19.4. The second kappa shape index (κ2) is 9.11. The number of primary amides is 1. The number of β-amino-alcohol motifs (C(OH)–C–C–N with tert-alkyl or cyclic N) is 1. The summed E-state index contributed by atoms with van der Waals surface area (Å²) < 4.78 is 48.4. The maximum Gasteiger partial charge on any atom is 0.418 e. The van der Waals surface area contributed by atoms with Crippen molar-refractivity contribution in [2.45, 2.75) is 25.1 Å². The molecule has 1 fully saturated rings. The van der Waals surface area contributed by atoms with Gasteiger partial charge in [0.2, 0.25) is 0 Å². The summed E-state index contributed by atoms with van der Waals surface area (Å²) in [5.41, 5.74) is 4.54. The molecule has 12 heteroatoms. The number of halogens is 3. The average Bonchev–Trinajstić information content (AvgIpc) is 3.51. The number of nitrogens with two attached hydrogens (primary N) is 1. The molecule has 1 aromatic heterocycles. The van der Waals surface area contributed by atoms with Crippen LogP contribution in [0.4, 0.5) is 29.3 Å². The summed E-state index contributed by atoms with van der Waals surface area (Å²) in [6.45, 7) is 0.797. The summed E-state index contributed by atoms with van der Waals surface area (Å²) in [7, 11) is 1.48. The van der Waals surface area contributed by atoms with Gasteiger partial charge in [-0.2, -0.15) is 23.0 Å². The first-order chi connectivity index (χ1) is 17.6. The summed E-state index contributed by atoms with van der Waals surface area (Å²) in [5, 5.41) is 14.3. The Morgan fingerprint density at radius 2 is 1.97 bits per heavy atom. The Labute approximate surface area is 209 Å². The van der Waals surface area contributed by atoms with E-state index in [1.54, 1.807) is 29.2 Å². The Bertz CT molecular complexity index is 1440. The first kappa shape index (κ1) is 24.6. The molecule has 1 saturated heterocycles. The molecule has 0 unspecified atom stereocenters. The van der Waals surface area contributed by atoms with Crippen LogP contribution in [-0.4, -0.2) is 53.8 Å². The monoisotopic (exact) mass is 515 g/mol. The van der Waals surface area contributed by atoms with E-state index >= 15 is 0 Å². The van der Waals surface area contributed by atoms with Crippen molar-refractivity contribution >= 4 is 17.4 Å². The molecule has 1 atom stereocenters. The van der Waals surface area contributed by atoms with Crippen molar-refractivity contribution < 1.29 is 27.8 Å². The number of methoxy groups -OCH3 is 1. The fraction of sp³-hybridized carbons (Fsp3) is 0.320. The number of anilines is 2. The van der Waals surface area contributed by atoms with Crippen LogP contribution >= 0.6 is 0 Å². The predicted molar refractivity (Wildman–Crippen MR) is 130 cm³/mol.